The van der Waals surface area contributed by atoms with Crippen LogP contribution in [0.15, 0.2) is 36.4 Å². The summed E-state index contributed by atoms with van der Waals surface area (Å²) in [5.41, 5.74) is 1.46. The summed E-state index contributed by atoms with van der Waals surface area (Å²) in [6.45, 7) is 4.64. The summed E-state index contributed by atoms with van der Waals surface area (Å²) in [7, 11) is 0. The summed E-state index contributed by atoms with van der Waals surface area (Å²) in [5.74, 6) is -2.10. The molecule has 1 heterocycles. The lowest BCUT2D eigenvalue weighted by atomic mass is 10.1. The third-order valence-corrected chi connectivity index (χ3v) is 4.92. The molecule has 0 bridgehead atoms. The topological polar surface area (TPSA) is 58.6 Å². The van der Waals surface area contributed by atoms with Crippen molar-refractivity contribution in [2.75, 3.05) is 23.4 Å². The third-order valence-electron chi connectivity index (χ3n) is 4.92. The van der Waals surface area contributed by atoms with Crippen molar-refractivity contribution in [2.45, 2.75) is 33.1 Å². The summed E-state index contributed by atoms with van der Waals surface area (Å²) >= 11 is 0. The normalized spacial score (nSPS) is 16.2. The average molecular weight is 402 g/mol. The van der Waals surface area contributed by atoms with Crippen molar-refractivity contribution in [1.29, 1.82) is 0 Å². The lowest BCUT2D eigenvalue weighted by Crippen LogP contribution is -2.28. The minimum Gasteiger partial charge on any atom is -0.494 e. The van der Waals surface area contributed by atoms with Crippen LogP contribution >= 0.6 is 0 Å². The van der Waals surface area contributed by atoms with Gasteiger partial charge < -0.3 is 15.0 Å². The quantitative estimate of drug-likeness (QED) is 0.697. The van der Waals surface area contributed by atoms with Crippen LogP contribution in [-0.4, -0.2) is 25.0 Å². The molecule has 1 atom stereocenters. The molecule has 0 radical (unpaired) electrons. The first-order valence-corrected chi connectivity index (χ1v) is 9.68. The highest BCUT2D eigenvalue weighted by atomic mass is 19.1. The van der Waals surface area contributed by atoms with Crippen LogP contribution in [0.1, 0.15) is 31.7 Å². The van der Waals surface area contributed by atoms with Gasteiger partial charge in [0.15, 0.2) is 0 Å². The highest BCUT2D eigenvalue weighted by Gasteiger charge is 2.36. The fraction of sp³-hybridized carbons (Fsp3) is 0.364. The first-order chi connectivity index (χ1) is 13.9. The summed E-state index contributed by atoms with van der Waals surface area (Å²) in [4.78, 5) is 26.1. The van der Waals surface area contributed by atoms with E-state index in [0.717, 1.165) is 36.3 Å². The van der Waals surface area contributed by atoms with Gasteiger partial charge in [-0.3, -0.25) is 9.59 Å². The van der Waals surface area contributed by atoms with E-state index in [-0.39, 0.29) is 30.5 Å². The van der Waals surface area contributed by atoms with Gasteiger partial charge in [0.1, 0.15) is 17.4 Å². The lowest BCUT2D eigenvalue weighted by Gasteiger charge is -2.18. The van der Waals surface area contributed by atoms with Gasteiger partial charge in [0.2, 0.25) is 11.8 Å². The molecule has 3 rings (SSSR count). The van der Waals surface area contributed by atoms with Crippen molar-refractivity contribution in [3.8, 4) is 5.75 Å². The highest BCUT2D eigenvalue weighted by Crippen LogP contribution is 2.29. The number of halogens is 2. The van der Waals surface area contributed by atoms with E-state index in [9.17, 15) is 18.4 Å². The average Bonchev–Trinajstić information content (AvgIpc) is 3.06. The van der Waals surface area contributed by atoms with E-state index in [1.54, 1.807) is 12.1 Å². The second-order valence-electron chi connectivity index (χ2n) is 7.17. The summed E-state index contributed by atoms with van der Waals surface area (Å²) < 4.78 is 32.8. The van der Waals surface area contributed by atoms with Crippen molar-refractivity contribution < 1.29 is 23.1 Å². The number of nitrogens with zero attached hydrogens (tertiary/aromatic N) is 1. The maximum absolute atomic E-state index is 14.0. The van der Waals surface area contributed by atoms with E-state index in [2.05, 4.69) is 12.2 Å². The van der Waals surface area contributed by atoms with E-state index in [0.29, 0.717) is 12.3 Å². The second kappa shape index (κ2) is 9.03. The molecule has 1 saturated heterocycles. The minimum absolute atomic E-state index is 0.0172. The molecule has 1 N–H and O–H groups in total. The Bertz CT molecular complexity index is 917. The van der Waals surface area contributed by atoms with Crippen LogP contribution in [0.5, 0.6) is 5.75 Å². The van der Waals surface area contributed by atoms with Crippen molar-refractivity contribution in [1.82, 2.24) is 0 Å². The second-order valence-corrected chi connectivity index (χ2v) is 7.17. The van der Waals surface area contributed by atoms with Crippen molar-refractivity contribution in [3.05, 3.63) is 53.6 Å². The van der Waals surface area contributed by atoms with Crippen LogP contribution in [0, 0.1) is 24.5 Å². The Balaban J connectivity index is 1.65. The molecule has 1 fully saturated rings. The molecule has 2 aromatic rings. The van der Waals surface area contributed by atoms with Crippen molar-refractivity contribution in [3.63, 3.8) is 0 Å². The number of hydrogen-bond donors (Lipinski definition) is 1. The molecule has 0 aromatic heterocycles. The number of rotatable bonds is 7. The molecular formula is C22H24F2N2O3. The maximum Gasteiger partial charge on any atom is 0.229 e. The SMILES string of the molecule is CCCCOc1ccc(NC(=O)C2CC(=O)N(c3ccc(F)cc3F)C2)c(C)c1. The Labute approximate surface area is 168 Å². The standard InChI is InChI=1S/C22H24F2N2O3/c1-3-4-9-29-17-6-7-19(14(2)10-17)25-22(28)15-11-21(27)26(13-15)20-8-5-16(23)12-18(20)24/h5-8,10,12,15H,3-4,9,11,13H2,1-2H3,(H,25,28). The van der Waals surface area contributed by atoms with E-state index in [1.165, 1.54) is 11.0 Å². The molecular weight excluding hydrogens is 378 g/mol. The number of amides is 2. The number of nitrogens with one attached hydrogen (secondary N) is 1. The Morgan fingerprint density at radius 3 is 2.72 bits per heavy atom. The Morgan fingerprint density at radius 2 is 2.03 bits per heavy atom. The van der Waals surface area contributed by atoms with Gasteiger partial charge in [-0.2, -0.15) is 0 Å². The van der Waals surface area contributed by atoms with Crippen LogP contribution in [0.3, 0.4) is 0 Å². The van der Waals surface area contributed by atoms with Gasteiger partial charge in [0, 0.05) is 24.7 Å². The van der Waals surface area contributed by atoms with Crippen LogP contribution in [0.2, 0.25) is 0 Å². The predicted octanol–water partition coefficient (Wildman–Crippen LogP) is 4.44. The summed E-state index contributed by atoms with van der Waals surface area (Å²) in [6, 6.07) is 8.44. The predicted molar refractivity (Wildman–Crippen MR) is 107 cm³/mol. The monoisotopic (exact) mass is 402 g/mol. The maximum atomic E-state index is 14.0. The molecule has 154 valence electrons. The largest absolute Gasteiger partial charge is 0.494 e. The number of hydrogen-bond acceptors (Lipinski definition) is 3. The van der Waals surface area contributed by atoms with Gasteiger partial charge in [0.25, 0.3) is 0 Å². The Morgan fingerprint density at radius 1 is 1.24 bits per heavy atom. The van der Waals surface area contributed by atoms with Gasteiger partial charge in [0.05, 0.1) is 18.2 Å². The molecule has 2 amide bonds. The number of benzene rings is 2. The molecule has 29 heavy (non-hydrogen) atoms. The lowest BCUT2D eigenvalue weighted by molar-refractivity contribution is -0.122. The molecule has 1 aliphatic heterocycles. The zero-order valence-electron chi connectivity index (χ0n) is 16.5. The molecule has 0 aliphatic carbocycles. The first-order valence-electron chi connectivity index (χ1n) is 9.68. The van der Waals surface area contributed by atoms with Crippen LogP contribution in [0.4, 0.5) is 20.2 Å². The van der Waals surface area contributed by atoms with Crippen molar-refractivity contribution >= 4 is 23.2 Å². The molecule has 0 saturated carbocycles. The van der Waals surface area contributed by atoms with Gasteiger partial charge in [-0.15, -0.1) is 0 Å². The third kappa shape index (κ3) is 4.91. The molecule has 1 unspecified atom stereocenters. The van der Waals surface area contributed by atoms with Crippen LogP contribution in [-0.2, 0) is 9.59 Å². The number of anilines is 2. The molecule has 2 aromatic carbocycles. The summed E-state index contributed by atoms with van der Waals surface area (Å²) in [6.07, 6.45) is 1.99. The zero-order valence-corrected chi connectivity index (χ0v) is 16.5. The molecule has 1 aliphatic rings. The molecule has 0 spiro atoms. The van der Waals surface area contributed by atoms with E-state index in [1.807, 2.05) is 13.0 Å². The smallest absolute Gasteiger partial charge is 0.229 e. The number of aryl methyl sites for hydroxylation is 1. The fourth-order valence-corrected chi connectivity index (χ4v) is 3.25. The number of unbranched alkanes of at least 4 members (excludes halogenated alkanes) is 1. The zero-order chi connectivity index (χ0) is 21.0. The van der Waals surface area contributed by atoms with Gasteiger partial charge in [-0.1, -0.05) is 13.3 Å². The summed E-state index contributed by atoms with van der Waals surface area (Å²) in [5, 5.41) is 2.84. The van der Waals surface area contributed by atoms with Crippen LogP contribution in [0.25, 0.3) is 0 Å². The van der Waals surface area contributed by atoms with Gasteiger partial charge in [-0.25, -0.2) is 8.78 Å². The fourth-order valence-electron chi connectivity index (χ4n) is 3.25. The number of carbonyl (C=O) groups excluding carboxylic acids is 2. The Hall–Kier alpha value is -2.96. The number of ether oxygens (including phenoxy) is 1. The molecule has 5 nitrogen and oxygen atoms in total. The Kier molecular flexibility index (Phi) is 6.46. The first kappa shape index (κ1) is 20.8. The van der Waals surface area contributed by atoms with Gasteiger partial charge >= 0.3 is 0 Å². The van der Waals surface area contributed by atoms with E-state index >= 15 is 0 Å². The van der Waals surface area contributed by atoms with E-state index in [4.69, 9.17) is 4.74 Å². The van der Waals surface area contributed by atoms with Gasteiger partial charge in [-0.05, 0) is 49.2 Å². The van der Waals surface area contributed by atoms with Crippen LogP contribution < -0.4 is 15.0 Å². The van der Waals surface area contributed by atoms with Crippen molar-refractivity contribution in [2.24, 2.45) is 5.92 Å². The van der Waals surface area contributed by atoms with E-state index < -0.39 is 17.6 Å². The minimum atomic E-state index is -0.825. The molecule has 7 heteroatoms. The highest BCUT2D eigenvalue weighted by molar-refractivity contribution is 6.03. The number of carbonyl (C=O) groups is 2.